The molecule has 12 heteroatoms. The van der Waals surface area contributed by atoms with Gasteiger partial charge in [0.2, 0.25) is 5.91 Å². The van der Waals surface area contributed by atoms with Gasteiger partial charge in [0.05, 0.1) is 24.2 Å². The van der Waals surface area contributed by atoms with E-state index in [1.165, 1.54) is 12.1 Å². The quantitative estimate of drug-likeness (QED) is 0.196. The number of benzene rings is 1. The van der Waals surface area contributed by atoms with Crippen LogP contribution in [-0.2, 0) is 21.3 Å². The molecule has 34 heavy (non-hydrogen) atoms. The Labute approximate surface area is 205 Å². The molecule has 2 aliphatic heterocycles. The molecule has 2 saturated heterocycles. The molecule has 0 bridgehead atoms. The molecule has 1 aromatic rings. The number of piperidine rings is 1. The number of halogens is 2. The molecule has 0 aromatic heterocycles. The minimum Gasteiger partial charge on any atom is -0.493 e. The third-order valence-corrected chi connectivity index (χ3v) is 7.19. The summed E-state index contributed by atoms with van der Waals surface area (Å²) in [7, 11) is -4.15. The Bertz CT molecular complexity index is 907. The lowest BCUT2D eigenvalue weighted by atomic mass is 9.92. The van der Waals surface area contributed by atoms with Crippen molar-refractivity contribution < 1.29 is 26.9 Å². The average molecular weight is 521 g/mol. The van der Waals surface area contributed by atoms with E-state index in [-0.39, 0.29) is 30.2 Å². The zero-order valence-corrected chi connectivity index (χ0v) is 20.7. The molecule has 9 nitrogen and oxygen atoms in total. The van der Waals surface area contributed by atoms with Crippen LogP contribution in [0.5, 0.6) is 5.75 Å². The van der Waals surface area contributed by atoms with Gasteiger partial charge in [-0.25, -0.2) is 4.39 Å². The molecular weight excluding hydrogens is 487 g/mol. The maximum Gasteiger partial charge on any atom is 0.266 e. The second kappa shape index (κ2) is 13.0. The molecule has 1 aromatic carbocycles. The Morgan fingerprint density at radius 3 is 2.62 bits per heavy atom. The van der Waals surface area contributed by atoms with Crippen molar-refractivity contribution in [3.63, 3.8) is 0 Å². The summed E-state index contributed by atoms with van der Waals surface area (Å²) in [5.41, 5.74) is 0.187. The van der Waals surface area contributed by atoms with Crippen LogP contribution in [0.2, 0.25) is 0 Å². The number of carbonyl (C=O) groups is 1. The molecule has 192 valence electrons. The summed E-state index contributed by atoms with van der Waals surface area (Å²) in [5, 5.41) is 9.35. The number of ether oxygens (including phenoxy) is 1. The van der Waals surface area contributed by atoms with E-state index < -0.39 is 27.6 Å². The largest absolute Gasteiger partial charge is 0.493 e. The number of carbonyl (C=O) groups excluding carboxylic acids is 1. The van der Waals surface area contributed by atoms with Crippen molar-refractivity contribution in [1.82, 2.24) is 20.9 Å². The van der Waals surface area contributed by atoms with Gasteiger partial charge in [-0.1, -0.05) is 6.07 Å². The highest BCUT2D eigenvalue weighted by atomic mass is 35.5. The summed E-state index contributed by atoms with van der Waals surface area (Å²) < 4.78 is 50.0. The monoisotopic (exact) mass is 520 g/mol. The number of alkyl halides is 1. The van der Waals surface area contributed by atoms with Crippen LogP contribution in [0, 0.1) is 11.7 Å². The lowest BCUT2D eigenvalue weighted by Gasteiger charge is -2.41. The van der Waals surface area contributed by atoms with Gasteiger partial charge in [-0.15, -0.1) is 11.6 Å². The summed E-state index contributed by atoms with van der Waals surface area (Å²) in [5.74, 6) is -0.602. The van der Waals surface area contributed by atoms with E-state index in [4.69, 9.17) is 20.9 Å². The van der Waals surface area contributed by atoms with Gasteiger partial charge in [0.25, 0.3) is 10.1 Å². The van der Waals surface area contributed by atoms with Crippen molar-refractivity contribution in [3.05, 3.63) is 29.6 Å². The van der Waals surface area contributed by atoms with E-state index in [0.717, 1.165) is 51.9 Å². The number of rotatable bonds is 11. The van der Waals surface area contributed by atoms with E-state index in [1.54, 1.807) is 6.07 Å². The lowest BCUT2D eigenvalue weighted by molar-refractivity contribution is -0.120. The van der Waals surface area contributed by atoms with Crippen molar-refractivity contribution in [2.24, 2.45) is 5.92 Å². The number of nitrogens with one attached hydrogen (secondary N) is 3. The molecule has 2 fully saturated rings. The molecule has 3 rings (SSSR count). The highest BCUT2D eigenvalue weighted by molar-refractivity contribution is 7.85. The predicted molar refractivity (Wildman–Crippen MR) is 128 cm³/mol. The standard InChI is InChI=1S/C22H34ClFN4O5S/c23-18-14-26-22(27-15-18)28-8-5-16(6-9-28)2-1-10-33-19-4-3-17(20(24)13-19)12-21(29)25-7-11-34(30,31)32/h3-4,13,16,18,22,26-27H,1-2,5-12,14-15H2,(H,25,29)(H,30,31,32). The molecule has 0 saturated carbocycles. The van der Waals surface area contributed by atoms with Gasteiger partial charge < -0.3 is 10.1 Å². The lowest BCUT2D eigenvalue weighted by Crippen LogP contribution is -2.62. The van der Waals surface area contributed by atoms with Crippen LogP contribution in [0.3, 0.4) is 0 Å². The van der Waals surface area contributed by atoms with Gasteiger partial charge in [-0.2, -0.15) is 8.42 Å². The predicted octanol–water partition coefficient (Wildman–Crippen LogP) is 1.33. The first-order valence-corrected chi connectivity index (χ1v) is 13.7. The number of amides is 1. The van der Waals surface area contributed by atoms with E-state index in [0.29, 0.717) is 18.3 Å². The zero-order chi connectivity index (χ0) is 24.6. The van der Waals surface area contributed by atoms with Crippen LogP contribution in [0.25, 0.3) is 0 Å². The minimum absolute atomic E-state index is 0.142. The number of nitrogens with zero attached hydrogens (tertiary/aromatic N) is 1. The second-order valence-electron chi connectivity index (χ2n) is 8.85. The fourth-order valence-corrected chi connectivity index (χ4v) is 4.80. The maximum absolute atomic E-state index is 14.3. The highest BCUT2D eigenvalue weighted by Gasteiger charge is 2.27. The first kappa shape index (κ1) is 27.1. The fourth-order valence-electron chi connectivity index (χ4n) is 4.26. The van der Waals surface area contributed by atoms with Crippen molar-refractivity contribution in [2.45, 2.75) is 43.8 Å². The van der Waals surface area contributed by atoms with Crippen LogP contribution in [0.1, 0.15) is 31.2 Å². The topological polar surface area (TPSA) is 120 Å². The fraction of sp³-hybridized carbons (Fsp3) is 0.682. The summed E-state index contributed by atoms with van der Waals surface area (Å²) in [6, 6.07) is 4.37. The summed E-state index contributed by atoms with van der Waals surface area (Å²) >= 11 is 6.11. The summed E-state index contributed by atoms with van der Waals surface area (Å²) in [6.07, 6.45) is 4.21. The van der Waals surface area contributed by atoms with Crippen LogP contribution in [0.15, 0.2) is 18.2 Å². The molecule has 4 N–H and O–H groups in total. The van der Waals surface area contributed by atoms with Gasteiger partial charge in [-0.05, 0) is 43.2 Å². The van der Waals surface area contributed by atoms with E-state index in [9.17, 15) is 17.6 Å². The van der Waals surface area contributed by atoms with Crippen LogP contribution >= 0.6 is 11.6 Å². The molecule has 0 radical (unpaired) electrons. The second-order valence-corrected chi connectivity index (χ2v) is 11.0. The smallest absolute Gasteiger partial charge is 0.266 e. The Morgan fingerprint density at radius 1 is 1.26 bits per heavy atom. The van der Waals surface area contributed by atoms with Crippen molar-refractivity contribution >= 4 is 27.6 Å². The molecule has 1 amide bonds. The van der Waals surface area contributed by atoms with E-state index in [1.807, 2.05) is 0 Å². The Morgan fingerprint density at radius 2 is 1.97 bits per heavy atom. The van der Waals surface area contributed by atoms with Crippen molar-refractivity contribution in [2.75, 3.05) is 45.1 Å². The normalized spacial score (nSPS) is 22.4. The van der Waals surface area contributed by atoms with Crippen molar-refractivity contribution in [3.8, 4) is 5.75 Å². The van der Waals surface area contributed by atoms with Gasteiger partial charge in [0.15, 0.2) is 0 Å². The minimum atomic E-state index is -4.15. The molecule has 2 aliphatic rings. The molecule has 0 spiro atoms. The van der Waals surface area contributed by atoms with Gasteiger partial charge in [-0.3, -0.25) is 24.9 Å². The summed E-state index contributed by atoms with van der Waals surface area (Å²) in [6.45, 7) is 3.99. The van der Waals surface area contributed by atoms with Gasteiger partial charge in [0, 0.05) is 38.8 Å². The van der Waals surface area contributed by atoms with E-state index >= 15 is 0 Å². The first-order chi connectivity index (χ1) is 16.2. The third-order valence-electron chi connectivity index (χ3n) is 6.16. The molecule has 0 atom stereocenters. The third kappa shape index (κ3) is 9.27. The van der Waals surface area contributed by atoms with Crippen LogP contribution in [-0.4, -0.2) is 80.5 Å². The Balaban J connectivity index is 1.31. The first-order valence-electron chi connectivity index (χ1n) is 11.7. The van der Waals surface area contributed by atoms with Gasteiger partial charge >= 0.3 is 0 Å². The average Bonchev–Trinajstić information content (AvgIpc) is 2.78. The van der Waals surface area contributed by atoms with Crippen molar-refractivity contribution in [1.29, 1.82) is 0 Å². The molecule has 0 unspecified atom stereocenters. The number of hydrogen-bond donors (Lipinski definition) is 4. The molecular formula is C22H34ClFN4O5S. The SMILES string of the molecule is O=C(Cc1ccc(OCCCC2CCN(C3NCC(Cl)CN3)CC2)cc1F)NCCS(=O)(=O)O. The van der Waals surface area contributed by atoms with E-state index in [2.05, 4.69) is 20.9 Å². The van der Waals surface area contributed by atoms with Crippen LogP contribution < -0.4 is 20.7 Å². The zero-order valence-electron chi connectivity index (χ0n) is 19.1. The Kier molecular flexibility index (Phi) is 10.3. The van der Waals surface area contributed by atoms with Crippen LogP contribution in [0.4, 0.5) is 4.39 Å². The molecule has 0 aliphatic carbocycles. The Hall–Kier alpha value is -1.50. The number of hydrogen-bond acceptors (Lipinski definition) is 7. The summed E-state index contributed by atoms with van der Waals surface area (Å²) in [4.78, 5) is 14.2. The molecule has 2 heterocycles. The highest BCUT2D eigenvalue weighted by Crippen LogP contribution is 2.24. The maximum atomic E-state index is 14.3. The number of likely N-dealkylation sites (tertiary alicyclic amines) is 1. The van der Waals surface area contributed by atoms with Gasteiger partial charge in [0.1, 0.15) is 17.9 Å².